The number of aromatic nitrogens is 2. The summed E-state index contributed by atoms with van der Waals surface area (Å²) in [5, 5.41) is 3.46. The fourth-order valence-electron chi connectivity index (χ4n) is 2.17. The molecule has 0 unspecified atom stereocenters. The molecule has 1 fully saturated rings. The van der Waals surface area contributed by atoms with Crippen LogP contribution in [0.25, 0.3) is 0 Å². The van der Waals surface area contributed by atoms with Gasteiger partial charge in [0.15, 0.2) is 0 Å². The van der Waals surface area contributed by atoms with Gasteiger partial charge in [-0.3, -0.25) is 0 Å². The molecule has 1 aliphatic carbocycles. The molecular formula is C15H26N4. The Morgan fingerprint density at radius 2 is 2.16 bits per heavy atom. The smallest absolute Gasteiger partial charge is 0.131 e. The maximum atomic E-state index is 4.76. The normalized spacial score (nSPS) is 15.0. The van der Waals surface area contributed by atoms with E-state index in [9.17, 15) is 0 Å². The summed E-state index contributed by atoms with van der Waals surface area (Å²) in [6.07, 6.45) is 5.74. The second-order valence-corrected chi connectivity index (χ2v) is 5.73. The van der Waals surface area contributed by atoms with Crippen LogP contribution in [0.5, 0.6) is 0 Å². The molecule has 0 amide bonds. The molecule has 0 radical (unpaired) electrons. The first-order valence-corrected chi connectivity index (χ1v) is 7.42. The number of hydrogen-bond donors (Lipinski definition) is 1. The Morgan fingerprint density at radius 1 is 1.42 bits per heavy atom. The Kier molecular flexibility index (Phi) is 4.75. The molecule has 0 spiro atoms. The second-order valence-electron chi connectivity index (χ2n) is 5.73. The monoisotopic (exact) mass is 262 g/mol. The SMILES string of the molecule is CCCNCc1nc(C(C)C)ncc1N(C)C1CC1. The van der Waals surface area contributed by atoms with Crippen molar-refractivity contribution in [2.45, 2.75) is 58.5 Å². The lowest BCUT2D eigenvalue weighted by molar-refractivity contribution is 0.649. The van der Waals surface area contributed by atoms with Gasteiger partial charge in [0.05, 0.1) is 17.6 Å². The highest BCUT2D eigenvalue weighted by molar-refractivity contribution is 5.50. The highest BCUT2D eigenvalue weighted by Crippen LogP contribution is 2.31. The maximum absolute atomic E-state index is 4.76. The topological polar surface area (TPSA) is 41.1 Å². The minimum atomic E-state index is 0.380. The highest BCUT2D eigenvalue weighted by Gasteiger charge is 2.28. The van der Waals surface area contributed by atoms with Crippen LogP contribution in [0.15, 0.2) is 6.20 Å². The number of nitrogens with one attached hydrogen (secondary N) is 1. The molecule has 2 rings (SSSR count). The van der Waals surface area contributed by atoms with Crippen molar-refractivity contribution < 1.29 is 0 Å². The van der Waals surface area contributed by atoms with Gasteiger partial charge < -0.3 is 10.2 Å². The maximum Gasteiger partial charge on any atom is 0.131 e. The van der Waals surface area contributed by atoms with Gasteiger partial charge in [-0.2, -0.15) is 0 Å². The van der Waals surface area contributed by atoms with Gasteiger partial charge in [0.1, 0.15) is 5.82 Å². The van der Waals surface area contributed by atoms with Crippen LogP contribution in [0.1, 0.15) is 57.5 Å². The molecule has 0 atom stereocenters. The van der Waals surface area contributed by atoms with Crippen LogP contribution < -0.4 is 10.2 Å². The molecule has 0 aliphatic heterocycles. The zero-order valence-corrected chi connectivity index (χ0v) is 12.6. The van der Waals surface area contributed by atoms with Crippen molar-refractivity contribution in [1.29, 1.82) is 0 Å². The third-order valence-electron chi connectivity index (χ3n) is 3.57. The quantitative estimate of drug-likeness (QED) is 0.767. The van der Waals surface area contributed by atoms with E-state index < -0.39 is 0 Å². The zero-order valence-electron chi connectivity index (χ0n) is 12.6. The predicted octanol–water partition coefficient (Wildman–Crippen LogP) is 2.70. The second kappa shape index (κ2) is 6.33. The summed E-state index contributed by atoms with van der Waals surface area (Å²) < 4.78 is 0. The summed E-state index contributed by atoms with van der Waals surface area (Å²) in [4.78, 5) is 11.6. The van der Waals surface area contributed by atoms with Gasteiger partial charge in [0.25, 0.3) is 0 Å². The summed E-state index contributed by atoms with van der Waals surface area (Å²) in [5.74, 6) is 1.33. The lowest BCUT2D eigenvalue weighted by Crippen LogP contribution is -2.25. The Labute approximate surface area is 116 Å². The lowest BCUT2D eigenvalue weighted by atomic mass is 10.2. The minimum Gasteiger partial charge on any atom is -0.369 e. The molecule has 1 aliphatic rings. The molecular weight excluding hydrogens is 236 g/mol. The number of rotatable bonds is 7. The fraction of sp³-hybridized carbons (Fsp3) is 0.733. The first-order valence-electron chi connectivity index (χ1n) is 7.42. The molecule has 106 valence electrons. The van der Waals surface area contributed by atoms with Crippen molar-refractivity contribution in [1.82, 2.24) is 15.3 Å². The number of anilines is 1. The molecule has 1 aromatic heterocycles. The molecule has 0 saturated heterocycles. The van der Waals surface area contributed by atoms with E-state index in [-0.39, 0.29) is 0 Å². The van der Waals surface area contributed by atoms with Gasteiger partial charge in [0.2, 0.25) is 0 Å². The summed E-state index contributed by atoms with van der Waals surface area (Å²) in [7, 11) is 2.16. The first kappa shape index (κ1) is 14.3. The third-order valence-corrected chi connectivity index (χ3v) is 3.57. The van der Waals surface area contributed by atoms with Crippen LogP contribution >= 0.6 is 0 Å². The van der Waals surface area contributed by atoms with Gasteiger partial charge in [-0.1, -0.05) is 20.8 Å². The predicted molar refractivity (Wildman–Crippen MR) is 79.5 cm³/mol. The van der Waals surface area contributed by atoms with Crippen molar-refractivity contribution in [2.75, 3.05) is 18.5 Å². The van der Waals surface area contributed by atoms with Crippen LogP contribution in [0.4, 0.5) is 5.69 Å². The Balaban J connectivity index is 2.19. The van der Waals surface area contributed by atoms with E-state index in [1.807, 2.05) is 6.20 Å². The van der Waals surface area contributed by atoms with Crippen LogP contribution in [-0.2, 0) is 6.54 Å². The molecule has 1 heterocycles. The van der Waals surface area contributed by atoms with E-state index in [0.717, 1.165) is 31.0 Å². The van der Waals surface area contributed by atoms with Crippen LogP contribution in [0.2, 0.25) is 0 Å². The number of nitrogens with zero attached hydrogens (tertiary/aromatic N) is 3. The van der Waals surface area contributed by atoms with Gasteiger partial charge in [-0.05, 0) is 25.8 Å². The van der Waals surface area contributed by atoms with Gasteiger partial charge in [-0.15, -0.1) is 0 Å². The van der Waals surface area contributed by atoms with E-state index in [4.69, 9.17) is 4.98 Å². The van der Waals surface area contributed by atoms with Crippen molar-refractivity contribution in [2.24, 2.45) is 0 Å². The summed E-state index contributed by atoms with van der Waals surface area (Å²) >= 11 is 0. The molecule has 0 bridgehead atoms. The summed E-state index contributed by atoms with van der Waals surface area (Å²) in [5.41, 5.74) is 2.33. The average Bonchev–Trinajstić information content (AvgIpc) is 3.22. The molecule has 1 saturated carbocycles. The number of hydrogen-bond acceptors (Lipinski definition) is 4. The molecule has 1 aromatic rings. The summed E-state index contributed by atoms with van der Waals surface area (Å²) in [6.45, 7) is 8.34. The molecule has 1 N–H and O–H groups in total. The van der Waals surface area contributed by atoms with Crippen LogP contribution in [-0.4, -0.2) is 29.6 Å². The van der Waals surface area contributed by atoms with E-state index in [0.29, 0.717) is 12.0 Å². The summed E-state index contributed by atoms with van der Waals surface area (Å²) in [6, 6.07) is 0.693. The van der Waals surface area contributed by atoms with Crippen molar-refractivity contribution in [3.63, 3.8) is 0 Å². The van der Waals surface area contributed by atoms with Crippen molar-refractivity contribution >= 4 is 5.69 Å². The Bertz CT molecular complexity index is 413. The van der Waals surface area contributed by atoms with E-state index in [1.165, 1.54) is 18.5 Å². The van der Waals surface area contributed by atoms with E-state index >= 15 is 0 Å². The molecule has 4 nitrogen and oxygen atoms in total. The molecule has 19 heavy (non-hydrogen) atoms. The van der Waals surface area contributed by atoms with E-state index in [2.05, 4.69) is 43.0 Å². The van der Waals surface area contributed by atoms with Crippen LogP contribution in [0.3, 0.4) is 0 Å². The molecule has 0 aromatic carbocycles. The van der Waals surface area contributed by atoms with Crippen molar-refractivity contribution in [3.05, 3.63) is 17.7 Å². The first-order chi connectivity index (χ1) is 9.13. The highest BCUT2D eigenvalue weighted by atomic mass is 15.2. The molecule has 4 heteroatoms. The third kappa shape index (κ3) is 3.66. The fourth-order valence-corrected chi connectivity index (χ4v) is 2.17. The largest absolute Gasteiger partial charge is 0.369 e. The standard InChI is InChI=1S/C15H26N4/c1-5-8-16-9-13-14(19(4)12-6-7-12)10-17-15(18-13)11(2)3/h10-12,16H,5-9H2,1-4H3. The minimum absolute atomic E-state index is 0.380. The Morgan fingerprint density at radius 3 is 2.74 bits per heavy atom. The van der Waals surface area contributed by atoms with E-state index in [1.54, 1.807) is 0 Å². The van der Waals surface area contributed by atoms with Gasteiger partial charge in [0, 0.05) is 25.6 Å². The van der Waals surface area contributed by atoms with Gasteiger partial charge in [-0.25, -0.2) is 9.97 Å². The average molecular weight is 262 g/mol. The van der Waals surface area contributed by atoms with Gasteiger partial charge >= 0.3 is 0 Å². The lowest BCUT2D eigenvalue weighted by Gasteiger charge is -2.22. The van der Waals surface area contributed by atoms with Crippen LogP contribution in [0, 0.1) is 0 Å². The zero-order chi connectivity index (χ0) is 13.8. The Hall–Kier alpha value is -1.16. The van der Waals surface area contributed by atoms with Crippen molar-refractivity contribution in [3.8, 4) is 0 Å².